The number of thiocarbonyl (C=S) groups is 1. The van der Waals surface area contributed by atoms with Crippen LogP contribution in [0.3, 0.4) is 0 Å². The van der Waals surface area contributed by atoms with Gasteiger partial charge in [-0.05, 0) is 0 Å². The van der Waals surface area contributed by atoms with Gasteiger partial charge in [0.2, 0.25) is 0 Å². The lowest BCUT2D eigenvalue weighted by Crippen LogP contribution is -1.39. The van der Waals surface area contributed by atoms with Gasteiger partial charge in [0.05, 0.1) is 5.37 Å². The third kappa shape index (κ3) is 1.65. The van der Waals surface area contributed by atoms with Crippen LogP contribution in [0.4, 0.5) is 0 Å². The van der Waals surface area contributed by atoms with Crippen LogP contribution in [-0.4, -0.2) is 5.37 Å². The van der Waals surface area contributed by atoms with Crippen LogP contribution in [0.2, 0.25) is 0 Å². The molecule has 0 aliphatic rings. The molecule has 20 valence electrons. The predicted octanol–water partition coefficient (Wildman–Crippen LogP) is 0.619. The Morgan fingerprint density at radius 1 is 2.50 bits per heavy atom. The molecule has 0 aromatic carbocycles. The minimum atomic E-state index is 1.22. The molecule has 0 aromatic heterocycles. The van der Waals surface area contributed by atoms with Gasteiger partial charge in [-0.3, -0.25) is 0 Å². The third-order valence-corrected chi connectivity index (χ3v) is 0.177. The molecular formula is C3H2S. The van der Waals surface area contributed by atoms with E-state index < -0.39 is 0 Å². The van der Waals surface area contributed by atoms with Crippen molar-refractivity contribution >= 4 is 17.6 Å². The fourth-order valence-electron chi connectivity index (χ4n) is 0. The molecule has 0 nitrogen and oxygen atoms in total. The summed E-state index contributed by atoms with van der Waals surface area (Å²) in [6.07, 6.45) is 1.86. The van der Waals surface area contributed by atoms with E-state index in [1.165, 1.54) is 5.37 Å². The second-order valence-corrected chi connectivity index (χ2v) is 0.498. The van der Waals surface area contributed by atoms with E-state index in [4.69, 9.17) is 1.37 Å². The van der Waals surface area contributed by atoms with E-state index in [0.717, 1.165) is 0 Å². The summed E-state index contributed by atoms with van der Waals surface area (Å²) in [4.78, 5) is 0. The molecule has 0 atom stereocenters. The molecule has 0 saturated heterocycles. The fraction of sp³-hybridized carbons (Fsp3) is 0. The molecule has 0 aromatic rings. The van der Waals surface area contributed by atoms with Crippen LogP contribution in [0.15, 0.2) is 0 Å². The molecule has 0 radical (unpaired) electrons. The van der Waals surface area contributed by atoms with Crippen LogP contribution in [-0.2, 0) is 0 Å². The van der Waals surface area contributed by atoms with Crippen molar-refractivity contribution in [2.75, 3.05) is 0 Å². The van der Waals surface area contributed by atoms with Gasteiger partial charge in [0.1, 0.15) is 1.37 Å². The van der Waals surface area contributed by atoms with Gasteiger partial charge in [-0.1, -0.05) is 18.1 Å². The standard InChI is InChI=1S/C3H2S/c1-2-3-4/h1,3H/i1D. The van der Waals surface area contributed by atoms with E-state index in [0.29, 0.717) is 0 Å². The van der Waals surface area contributed by atoms with Crippen molar-refractivity contribution in [3.63, 3.8) is 0 Å². The zero-order valence-corrected chi connectivity index (χ0v) is 2.80. The first-order valence-electron chi connectivity index (χ1n) is 1.27. The first kappa shape index (κ1) is 1.92. The van der Waals surface area contributed by atoms with Crippen molar-refractivity contribution in [1.29, 1.82) is 0 Å². The monoisotopic (exact) mass is 71.0 g/mol. The maximum atomic E-state index is 6.14. The molecule has 0 aliphatic heterocycles. The van der Waals surface area contributed by atoms with Crippen LogP contribution in [0, 0.1) is 12.3 Å². The summed E-state index contributed by atoms with van der Waals surface area (Å²) in [5.74, 6) is 2.22. The predicted molar refractivity (Wildman–Crippen MR) is 22.5 cm³/mol. The van der Waals surface area contributed by atoms with Crippen molar-refractivity contribution in [2.24, 2.45) is 0 Å². The fourth-order valence-corrected chi connectivity index (χ4v) is 0. The third-order valence-electron chi connectivity index (χ3n) is 0.0589. The Bertz CT molecular complexity index is 76.6. The molecule has 4 heavy (non-hydrogen) atoms. The summed E-state index contributed by atoms with van der Waals surface area (Å²) in [7, 11) is 0. The second kappa shape index (κ2) is 2.65. The summed E-state index contributed by atoms with van der Waals surface area (Å²) in [6, 6.07) is 0. The normalized spacial score (nSPS) is 5.50. The highest BCUT2D eigenvalue weighted by atomic mass is 32.1. The van der Waals surface area contributed by atoms with Crippen molar-refractivity contribution in [2.45, 2.75) is 0 Å². The molecule has 0 N–H and O–H groups in total. The molecule has 0 aliphatic carbocycles. The highest BCUT2D eigenvalue weighted by molar-refractivity contribution is 7.79. The second-order valence-electron chi connectivity index (χ2n) is 0.262. The van der Waals surface area contributed by atoms with Crippen molar-refractivity contribution < 1.29 is 1.37 Å². The Balaban J connectivity index is 3.16. The molecule has 0 bridgehead atoms. The van der Waals surface area contributed by atoms with Crippen molar-refractivity contribution in [3.05, 3.63) is 0 Å². The van der Waals surface area contributed by atoms with Gasteiger partial charge in [0.25, 0.3) is 0 Å². The molecule has 0 unspecified atom stereocenters. The average molecular weight is 71.1 g/mol. The van der Waals surface area contributed by atoms with Crippen molar-refractivity contribution in [3.8, 4) is 12.3 Å². The maximum absolute atomic E-state index is 6.14. The van der Waals surface area contributed by atoms with E-state index in [1.54, 1.807) is 0 Å². The number of hydrogen-bond acceptors (Lipinski definition) is 1. The van der Waals surface area contributed by atoms with E-state index >= 15 is 0 Å². The Kier molecular flexibility index (Phi) is 1.27. The average Bonchev–Trinajstić information content (AvgIpc) is 1.41. The topological polar surface area (TPSA) is 0 Å². The minimum Gasteiger partial charge on any atom is -0.114 e. The van der Waals surface area contributed by atoms with E-state index in [1.807, 2.05) is 6.40 Å². The van der Waals surface area contributed by atoms with E-state index in [-0.39, 0.29) is 0 Å². The largest absolute Gasteiger partial charge is 0.124 e. The number of hydrogen-bond donors (Lipinski definition) is 0. The quantitative estimate of drug-likeness (QED) is 0.298. The van der Waals surface area contributed by atoms with Gasteiger partial charge in [-0.25, -0.2) is 0 Å². The lowest BCUT2D eigenvalue weighted by Gasteiger charge is -1.34. The van der Waals surface area contributed by atoms with E-state index in [9.17, 15) is 0 Å². The Morgan fingerprint density at radius 2 is 3.25 bits per heavy atom. The molecule has 0 heterocycles. The lowest BCUT2D eigenvalue weighted by atomic mass is 10.8. The van der Waals surface area contributed by atoms with Gasteiger partial charge in [-0.2, -0.15) is 0 Å². The molecule has 1 heteroatoms. The van der Waals surface area contributed by atoms with Crippen LogP contribution in [0.25, 0.3) is 0 Å². The van der Waals surface area contributed by atoms with Gasteiger partial charge in [-0.15, -0.1) is 6.40 Å². The Hall–Kier alpha value is -0.350. The van der Waals surface area contributed by atoms with Crippen LogP contribution >= 0.6 is 12.2 Å². The molecular weight excluding hydrogens is 68.1 g/mol. The zero-order chi connectivity index (χ0) is 4.12. The summed E-state index contributed by atoms with van der Waals surface area (Å²) < 4.78 is 6.14. The number of terminal acetylenes is 1. The molecule has 0 saturated carbocycles. The summed E-state index contributed by atoms with van der Waals surface area (Å²) in [5, 5.41) is 1.22. The first-order valence-corrected chi connectivity index (χ1v) is 1.25. The highest BCUT2D eigenvalue weighted by Crippen LogP contribution is 1.35. The van der Waals surface area contributed by atoms with Gasteiger partial charge < -0.3 is 0 Å². The Labute approximate surface area is 32.2 Å². The lowest BCUT2D eigenvalue weighted by molar-refractivity contribution is 2.99. The Morgan fingerprint density at radius 3 is 3.25 bits per heavy atom. The van der Waals surface area contributed by atoms with Crippen LogP contribution < -0.4 is 0 Å². The SMILES string of the molecule is [2H]C#CC=S. The highest BCUT2D eigenvalue weighted by Gasteiger charge is 1.30. The zero-order valence-electron chi connectivity index (χ0n) is 2.99. The van der Waals surface area contributed by atoms with E-state index in [2.05, 4.69) is 18.1 Å². The summed E-state index contributed by atoms with van der Waals surface area (Å²) >= 11 is 4.23. The molecule has 0 amide bonds. The smallest absolute Gasteiger partial charge is 0.114 e. The van der Waals surface area contributed by atoms with Gasteiger partial charge >= 0.3 is 0 Å². The van der Waals surface area contributed by atoms with Gasteiger partial charge in [0.15, 0.2) is 0 Å². The van der Waals surface area contributed by atoms with Crippen LogP contribution in [0.5, 0.6) is 0 Å². The molecule has 0 rings (SSSR count). The summed E-state index contributed by atoms with van der Waals surface area (Å²) in [5.41, 5.74) is 0. The van der Waals surface area contributed by atoms with Crippen LogP contribution in [0.1, 0.15) is 1.37 Å². The maximum Gasteiger partial charge on any atom is 0.124 e. The molecule has 0 spiro atoms. The minimum absolute atomic E-state index is 1.22. The first-order chi connectivity index (χ1) is 2.41. The van der Waals surface area contributed by atoms with Crippen molar-refractivity contribution in [1.82, 2.24) is 0 Å². The number of rotatable bonds is 0. The molecule has 0 fully saturated rings. The summed E-state index contributed by atoms with van der Waals surface area (Å²) in [6.45, 7) is 0. The van der Waals surface area contributed by atoms with Gasteiger partial charge in [0, 0.05) is 0 Å².